The van der Waals surface area contributed by atoms with Crippen LogP contribution >= 0.6 is 27.3 Å². The van der Waals surface area contributed by atoms with E-state index in [0.717, 1.165) is 25.7 Å². The Bertz CT molecular complexity index is 879. The van der Waals surface area contributed by atoms with Gasteiger partial charge in [0.05, 0.1) is 10.7 Å². The van der Waals surface area contributed by atoms with Crippen LogP contribution in [-0.4, -0.2) is 35.0 Å². The van der Waals surface area contributed by atoms with Crippen LogP contribution in [0.1, 0.15) is 0 Å². The van der Waals surface area contributed by atoms with Gasteiger partial charge in [-0.05, 0) is 28.1 Å². The van der Waals surface area contributed by atoms with Gasteiger partial charge in [-0.2, -0.15) is 14.7 Å². The highest BCUT2D eigenvalue weighted by Gasteiger charge is 2.16. The number of nitrogens with zero attached hydrogens (tertiary/aromatic N) is 6. The highest BCUT2D eigenvalue weighted by atomic mass is 79.9. The van der Waals surface area contributed by atoms with Crippen LogP contribution in [0, 0.1) is 0 Å². The third-order valence-corrected chi connectivity index (χ3v) is 4.25. The summed E-state index contributed by atoms with van der Waals surface area (Å²) in [7, 11) is 0. The Labute approximate surface area is 124 Å². The molecule has 0 atom stereocenters. The molecule has 4 aromatic rings. The molecule has 0 bridgehead atoms. The van der Waals surface area contributed by atoms with Crippen LogP contribution in [0.15, 0.2) is 35.2 Å². The number of H-pyrrole nitrogens is 1. The molecule has 0 aliphatic carbocycles. The van der Waals surface area contributed by atoms with E-state index in [9.17, 15) is 0 Å². The van der Waals surface area contributed by atoms with Gasteiger partial charge < -0.3 is 0 Å². The summed E-state index contributed by atoms with van der Waals surface area (Å²) < 4.78 is 2.59. The van der Waals surface area contributed by atoms with E-state index in [4.69, 9.17) is 0 Å². The molecule has 4 aromatic heterocycles. The van der Waals surface area contributed by atoms with E-state index < -0.39 is 0 Å². The number of hydrogen-bond acceptors (Lipinski definition) is 6. The van der Waals surface area contributed by atoms with Crippen molar-refractivity contribution in [2.24, 2.45) is 0 Å². The fourth-order valence-corrected chi connectivity index (χ4v) is 3.18. The second-order valence-electron chi connectivity index (χ2n) is 3.95. The Morgan fingerprint density at radius 1 is 1.20 bits per heavy atom. The Balaban J connectivity index is 1.90. The van der Waals surface area contributed by atoms with Crippen molar-refractivity contribution in [1.82, 2.24) is 35.0 Å². The Morgan fingerprint density at radius 2 is 2.05 bits per heavy atom. The van der Waals surface area contributed by atoms with E-state index in [1.54, 1.807) is 23.1 Å². The molecular weight excluding hydrogens is 342 g/mol. The van der Waals surface area contributed by atoms with Crippen LogP contribution in [0.2, 0.25) is 0 Å². The van der Waals surface area contributed by atoms with Gasteiger partial charge in [0.15, 0.2) is 10.8 Å². The van der Waals surface area contributed by atoms with Crippen LogP contribution in [0.25, 0.3) is 27.1 Å². The summed E-state index contributed by atoms with van der Waals surface area (Å²) in [5.41, 5.74) is 1.76. The smallest absolute Gasteiger partial charge is 0.235 e. The van der Waals surface area contributed by atoms with Crippen molar-refractivity contribution in [3.05, 3.63) is 35.2 Å². The first-order chi connectivity index (χ1) is 9.83. The maximum absolute atomic E-state index is 4.54. The second kappa shape index (κ2) is 4.46. The largest absolute Gasteiger partial charge is 0.274 e. The third-order valence-electron chi connectivity index (χ3n) is 2.74. The lowest BCUT2D eigenvalue weighted by atomic mass is 10.2. The monoisotopic (exact) mass is 347 g/mol. The lowest BCUT2D eigenvalue weighted by molar-refractivity contribution is 0.962. The van der Waals surface area contributed by atoms with E-state index >= 15 is 0 Å². The predicted molar refractivity (Wildman–Crippen MR) is 77.2 cm³/mol. The molecule has 98 valence electrons. The quantitative estimate of drug-likeness (QED) is 0.601. The normalized spacial score (nSPS) is 11.2. The number of aromatic amines is 1. The predicted octanol–water partition coefficient (Wildman–Crippen LogP) is 2.40. The van der Waals surface area contributed by atoms with E-state index in [1.807, 2.05) is 12.1 Å². The summed E-state index contributed by atoms with van der Waals surface area (Å²) in [5.74, 6) is 0.695. The summed E-state index contributed by atoms with van der Waals surface area (Å²) in [6.07, 6.45) is 5.13. The first kappa shape index (κ1) is 11.7. The minimum absolute atomic E-state index is 0.695. The van der Waals surface area contributed by atoms with Gasteiger partial charge in [0.25, 0.3) is 0 Å². The van der Waals surface area contributed by atoms with Crippen LogP contribution in [0.4, 0.5) is 0 Å². The summed E-state index contributed by atoms with van der Waals surface area (Å²) in [5, 5.41) is 20.5. The van der Waals surface area contributed by atoms with Crippen molar-refractivity contribution in [3.63, 3.8) is 0 Å². The summed E-state index contributed by atoms with van der Waals surface area (Å²) in [4.78, 5) is 4.73. The zero-order valence-corrected chi connectivity index (χ0v) is 12.3. The highest BCUT2D eigenvalue weighted by molar-refractivity contribution is 9.10. The van der Waals surface area contributed by atoms with E-state index in [-0.39, 0.29) is 0 Å². The topological polar surface area (TPSA) is 84.7 Å². The number of aromatic nitrogens is 7. The van der Waals surface area contributed by atoms with E-state index in [0.29, 0.717) is 5.82 Å². The number of halogens is 1. The molecule has 0 saturated heterocycles. The van der Waals surface area contributed by atoms with Gasteiger partial charge in [-0.25, -0.2) is 0 Å². The summed E-state index contributed by atoms with van der Waals surface area (Å²) in [6.45, 7) is 0. The lowest BCUT2D eigenvalue weighted by Gasteiger charge is -1.95. The fraction of sp³-hybridized carbons (Fsp3) is 0. The molecular formula is C11H6BrN7S. The number of hydrogen-bond donors (Lipinski definition) is 1. The van der Waals surface area contributed by atoms with Crippen LogP contribution < -0.4 is 0 Å². The zero-order valence-electron chi connectivity index (χ0n) is 9.86. The highest BCUT2D eigenvalue weighted by Crippen LogP contribution is 2.30. The molecule has 1 N–H and O–H groups in total. The van der Waals surface area contributed by atoms with Crippen molar-refractivity contribution < 1.29 is 0 Å². The minimum atomic E-state index is 0.695. The van der Waals surface area contributed by atoms with Gasteiger partial charge in [-0.15, -0.1) is 10.2 Å². The molecule has 0 unspecified atom stereocenters. The van der Waals surface area contributed by atoms with E-state index in [1.165, 1.54) is 11.3 Å². The molecule has 9 heteroatoms. The molecule has 0 fully saturated rings. The number of rotatable bonds is 2. The molecule has 0 spiro atoms. The Kier molecular flexibility index (Phi) is 2.60. The van der Waals surface area contributed by atoms with Crippen molar-refractivity contribution in [1.29, 1.82) is 0 Å². The standard InChI is InChI=1S/C11H6BrN7S/c12-7-5-14-15-8(7)10-18-19-9(16-17-11(19)20-10)6-1-3-13-4-2-6/h1-5H,(H,14,15). The summed E-state index contributed by atoms with van der Waals surface area (Å²) >= 11 is 4.88. The SMILES string of the molecule is Brc1cn[nH]c1-c1nn2c(-c3ccncc3)nnc2s1. The van der Waals surface area contributed by atoms with Gasteiger partial charge >= 0.3 is 0 Å². The Morgan fingerprint density at radius 3 is 2.80 bits per heavy atom. The van der Waals surface area contributed by atoms with Gasteiger partial charge in [-0.3, -0.25) is 10.1 Å². The first-order valence-corrected chi connectivity index (χ1v) is 7.26. The van der Waals surface area contributed by atoms with E-state index in [2.05, 4.69) is 46.4 Å². The number of nitrogens with one attached hydrogen (secondary N) is 1. The molecule has 0 aliphatic heterocycles. The maximum atomic E-state index is 4.54. The summed E-state index contributed by atoms with van der Waals surface area (Å²) in [6, 6.07) is 3.75. The molecule has 0 aromatic carbocycles. The molecule has 0 saturated carbocycles. The number of pyridine rings is 1. The van der Waals surface area contributed by atoms with Crippen molar-refractivity contribution in [3.8, 4) is 22.1 Å². The lowest BCUT2D eigenvalue weighted by Crippen LogP contribution is -1.91. The van der Waals surface area contributed by atoms with Gasteiger partial charge in [-0.1, -0.05) is 11.3 Å². The van der Waals surface area contributed by atoms with Crippen molar-refractivity contribution in [2.75, 3.05) is 0 Å². The number of fused-ring (bicyclic) bond motifs is 1. The minimum Gasteiger partial charge on any atom is -0.274 e. The fourth-order valence-electron chi connectivity index (χ4n) is 1.82. The van der Waals surface area contributed by atoms with Crippen molar-refractivity contribution >= 4 is 32.2 Å². The molecule has 0 radical (unpaired) electrons. The van der Waals surface area contributed by atoms with Gasteiger partial charge in [0.1, 0.15) is 5.69 Å². The van der Waals surface area contributed by atoms with Crippen molar-refractivity contribution in [2.45, 2.75) is 0 Å². The van der Waals surface area contributed by atoms with Crippen LogP contribution in [-0.2, 0) is 0 Å². The van der Waals surface area contributed by atoms with Gasteiger partial charge in [0, 0.05) is 18.0 Å². The first-order valence-electron chi connectivity index (χ1n) is 5.65. The molecule has 4 heterocycles. The molecule has 4 rings (SSSR count). The second-order valence-corrected chi connectivity index (χ2v) is 5.76. The average Bonchev–Trinajstić information content (AvgIpc) is 3.13. The molecule has 0 amide bonds. The maximum Gasteiger partial charge on any atom is 0.235 e. The van der Waals surface area contributed by atoms with Gasteiger partial charge in [0.2, 0.25) is 4.96 Å². The average molecular weight is 348 g/mol. The van der Waals surface area contributed by atoms with Crippen LogP contribution in [0.5, 0.6) is 0 Å². The zero-order chi connectivity index (χ0) is 13.5. The van der Waals surface area contributed by atoms with Crippen LogP contribution in [0.3, 0.4) is 0 Å². The third kappa shape index (κ3) is 1.74. The Hall–Kier alpha value is -2.13. The molecule has 0 aliphatic rings. The molecule has 20 heavy (non-hydrogen) atoms. The molecule has 7 nitrogen and oxygen atoms in total.